The maximum atomic E-state index is 11.6. The average molecular weight is 347 g/mol. The Morgan fingerprint density at radius 1 is 1.40 bits per heavy atom. The number of allylic oxidation sites excluding steroid dienone is 3. The SMILES string of the molecule is C#CCOC(C)(C)CCCC(C)C/C=C/C(C)=C/C(=O)OCC1CC1. The molecule has 1 fully saturated rings. The monoisotopic (exact) mass is 346 g/mol. The Morgan fingerprint density at radius 2 is 2.12 bits per heavy atom. The predicted octanol–water partition coefficient (Wildman–Crippen LogP) is 5.07. The second-order valence-electron chi connectivity index (χ2n) is 7.85. The van der Waals surface area contributed by atoms with Crippen LogP contribution >= 0.6 is 0 Å². The van der Waals surface area contributed by atoms with Gasteiger partial charge in [-0.2, -0.15) is 0 Å². The maximum absolute atomic E-state index is 11.6. The van der Waals surface area contributed by atoms with E-state index in [1.807, 2.05) is 13.0 Å². The fourth-order valence-corrected chi connectivity index (χ4v) is 2.55. The Hall–Kier alpha value is -1.53. The summed E-state index contributed by atoms with van der Waals surface area (Å²) in [5, 5.41) is 0. The topological polar surface area (TPSA) is 35.5 Å². The van der Waals surface area contributed by atoms with Crippen molar-refractivity contribution in [1.29, 1.82) is 0 Å². The highest BCUT2D eigenvalue weighted by Gasteiger charge is 2.22. The van der Waals surface area contributed by atoms with Gasteiger partial charge in [0.25, 0.3) is 0 Å². The minimum Gasteiger partial charge on any atom is -0.462 e. The summed E-state index contributed by atoms with van der Waals surface area (Å²) in [6.45, 7) is 9.31. The van der Waals surface area contributed by atoms with Crippen LogP contribution in [0.3, 0.4) is 0 Å². The molecule has 0 saturated heterocycles. The number of esters is 1. The molecule has 0 spiro atoms. The number of terminal acetylenes is 1. The summed E-state index contributed by atoms with van der Waals surface area (Å²) in [5.74, 6) is 3.51. The van der Waals surface area contributed by atoms with Gasteiger partial charge >= 0.3 is 5.97 Å². The minimum atomic E-state index is -0.226. The summed E-state index contributed by atoms with van der Waals surface area (Å²) < 4.78 is 10.9. The van der Waals surface area contributed by atoms with E-state index in [0.717, 1.165) is 31.3 Å². The van der Waals surface area contributed by atoms with E-state index in [9.17, 15) is 4.79 Å². The molecular formula is C22H34O3. The van der Waals surface area contributed by atoms with Gasteiger partial charge < -0.3 is 9.47 Å². The van der Waals surface area contributed by atoms with Crippen molar-refractivity contribution in [3.05, 3.63) is 23.8 Å². The second-order valence-corrected chi connectivity index (χ2v) is 7.85. The van der Waals surface area contributed by atoms with Crippen molar-refractivity contribution in [2.24, 2.45) is 11.8 Å². The number of hydrogen-bond acceptors (Lipinski definition) is 3. The van der Waals surface area contributed by atoms with Gasteiger partial charge in [0.05, 0.1) is 12.2 Å². The number of rotatable bonds is 12. The first-order valence-corrected chi connectivity index (χ1v) is 9.41. The van der Waals surface area contributed by atoms with Crippen LogP contribution in [0.15, 0.2) is 23.8 Å². The van der Waals surface area contributed by atoms with Gasteiger partial charge in [0.2, 0.25) is 0 Å². The largest absolute Gasteiger partial charge is 0.462 e. The lowest BCUT2D eigenvalue weighted by atomic mass is 9.94. The molecule has 140 valence electrons. The third-order valence-corrected chi connectivity index (χ3v) is 4.44. The Balaban J connectivity index is 2.18. The van der Waals surface area contributed by atoms with E-state index in [0.29, 0.717) is 25.0 Å². The van der Waals surface area contributed by atoms with E-state index in [-0.39, 0.29) is 11.6 Å². The lowest BCUT2D eigenvalue weighted by molar-refractivity contribution is -0.138. The Morgan fingerprint density at radius 3 is 2.76 bits per heavy atom. The summed E-state index contributed by atoms with van der Waals surface area (Å²) in [4.78, 5) is 11.6. The van der Waals surface area contributed by atoms with E-state index in [4.69, 9.17) is 15.9 Å². The Kier molecular flexibility index (Phi) is 9.60. The number of carbonyl (C=O) groups excluding carboxylic acids is 1. The molecule has 1 unspecified atom stereocenters. The highest BCUT2D eigenvalue weighted by Crippen LogP contribution is 2.28. The van der Waals surface area contributed by atoms with Crippen molar-refractivity contribution >= 4 is 5.97 Å². The zero-order valence-electron chi connectivity index (χ0n) is 16.3. The molecule has 0 aromatic heterocycles. The van der Waals surface area contributed by atoms with E-state index in [1.54, 1.807) is 6.08 Å². The summed E-state index contributed by atoms with van der Waals surface area (Å²) in [6.07, 6.45) is 17.6. The number of hydrogen-bond donors (Lipinski definition) is 0. The van der Waals surface area contributed by atoms with Gasteiger partial charge in [-0.15, -0.1) is 6.42 Å². The molecule has 1 saturated carbocycles. The van der Waals surface area contributed by atoms with Gasteiger partial charge in [0.15, 0.2) is 0 Å². The standard InChI is InChI=1S/C22H34O3/c1-6-15-25-22(4,5)14-8-11-18(2)9-7-10-19(3)16-21(23)24-17-20-12-13-20/h1,7,10,16,18,20H,8-9,11-15,17H2,2-5H3/b10-7+,19-16+. The van der Waals surface area contributed by atoms with E-state index in [2.05, 4.69) is 32.8 Å². The lowest BCUT2D eigenvalue weighted by Crippen LogP contribution is -2.24. The molecule has 0 bridgehead atoms. The first-order chi connectivity index (χ1) is 11.8. The van der Waals surface area contributed by atoms with Crippen LogP contribution in [0.5, 0.6) is 0 Å². The van der Waals surface area contributed by atoms with Crippen molar-refractivity contribution in [1.82, 2.24) is 0 Å². The zero-order valence-corrected chi connectivity index (χ0v) is 16.3. The lowest BCUT2D eigenvalue weighted by Gasteiger charge is -2.24. The molecule has 0 N–H and O–H groups in total. The molecule has 25 heavy (non-hydrogen) atoms. The van der Waals surface area contributed by atoms with Crippen LogP contribution in [0.4, 0.5) is 0 Å². The molecule has 0 heterocycles. The van der Waals surface area contributed by atoms with Crippen molar-refractivity contribution in [3.63, 3.8) is 0 Å². The number of carbonyl (C=O) groups is 1. The fourth-order valence-electron chi connectivity index (χ4n) is 2.55. The first kappa shape index (κ1) is 21.5. The van der Waals surface area contributed by atoms with Gasteiger partial charge in [-0.25, -0.2) is 4.79 Å². The smallest absolute Gasteiger partial charge is 0.331 e. The molecular weight excluding hydrogens is 312 g/mol. The molecule has 0 amide bonds. The van der Waals surface area contributed by atoms with Crippen LogP contribution in [-0.4, -0.2) is 24.8 Å². The quantitative estimate of drug-likeness (QED) is 0.214. The molecule has 1 atom stereocenters. The zero-order chi connectivity index (χ0) is 18.7. The van der Waals surface area contributed by atoms with Crippen molar-refractivity contribution < 1.29 is 14.3 Å². The van der Waals surface area contributed by atoms with Crippen LogP contribution in [0.2, 0.25) is 0 Å². The average Bonchev–Trinajstić information content (AvgIpc) is 3.35. The van der Waals surface area contributed by atoms with E-state index >= 15 is 0 Å². The van der Waals surface area contributed by atoms with Gasteiger partial charge in [0, 0.05) is 6.08 Å². The van der Waals surface area contributed by atoms with Crippen LogP contribution in [0, 0.1) is 24.2 Å². The molecule has 1 aliphatic rings. The third-order valence-electron chi connectivity index (χ3n) is 4.44. The molecule has 1 rings (SSSR count). The molecule has 0 radical (unpaired) electrons. The predicted molar refractivity (Wildman–Crippen MR) is 103 cm³/mol. The van der Waals surface area contributed by atoms with Crippen LogP contribution in [-0.2, 0) is 14.3 Å². The normalized spacial score (nSPS) is 16.7. The van der Waals surface area contributed by atoms with Gasteiger partial charge in [-0.05, 0) is 63.9 Å². The van der Waals surface area contributed by atoms with Gasteiger partial charge in [-0.3, -0.25) is 0 Å². The summed E-state index contributed by atoms with van der Waals surface area (Å²) in [6, 6.07) is 0. The van der Waals surface area contributed by atoms with E-state index in [1.165, 1.54) is 12.8 Å². The van der Waals surface area contributed by atoms with Crippen LogP contribution in [0.1, 0.15) is 66.2 Å². The maximum Gasteiger partial charge on any atom is 0.331 e. The fraction of sp³-hybridized carbons (Fsp3) is 0.682. The van der Waals surface area contributed by atoms with Gasteiger partial charge in [-0.1, -0.05) is 37.8 Å². The summed E-state index contributed by atoms with van der Waals surface area (Å²) >= 11 is 0. The minimum absolute atomic E-state index is 0.151. The highest BCUT2D eigenvalue weighted by molar-refractivity contribution is 5.83. The van der Waals surface area contributed by atoms with Crippen molar-refractivity contribution in [2.75, 3.05) is 13.2 Å². The van der Waals surface area contributed by atoms with Crippen molar-refractivity contribution in [3.8, 4) is 12.3 Å². The Labute approximate surface area is 153 Å². The second kappa shape index (κ2) is 11.2. The van der Waals surface area contributed by atoms with Gasteiger partial charge in [0.1, 0.15) is 6.61 Å². The Bertz CT molecular complexity index is 504. The van der Waals surface area contributed by atoms with Crippen LogP contribution in [0.25, 0.3) is 0 Å². The summed E-state index contributed by atoms with van der Waals surface area (Å²) in [7, 11) is 0. The molecule has 0 aromatic rings. The number of ether oxygens (including phenoxy) is 2. The van der Waals surface area contributed by atoms with E-state index < -0.39 is 0 Å². The first-order valence-electron chi connectivity index (χ1n) is 9.41. The molecule has 0 aliphatic heterocycles. The van der Waals surface area contributed by atoms with Crippen LogP contribution < -0.4 is 0 Å². The highest BCUT2D eigenvalue weighted by atomic mass is 16.5. The molecule has 3 nitrogen and oxygen atoms in total. The third kappa shape index (κ3) is 11.6. The molecule has 3 heteroatoms. The van der Waals surface area contributed by atoms with Crippen molar-refractivity contribution in [2.45, 2.75) is 71.8 Å². The molecule has 1 aliphatic carbocycles. The molecule has 0 aromatic carbocycles. The summed E-state index contributed by atoms with van der Waals surface area (Å²) in [5.41, 5.74) is 0.791.